The molecule has 0 radical (unpaired) electrons. The van der Waals surface area contributed by atoms with Crippen molar-refractivity contribution in [2.45, 2.75) is 39.7 Å². The second-order valence-corrected chi connectivity index (χ2v) is 6.46. The number of halogens is 1. The van der Waals surface area contributed by atoms with E-state index in [0.717, 1.165) is 11.1 Å². The van der Waals surface area contributed by atoms with Crippen LogP contribution in [0.25, 0.3) is 0 Å². The van der Waals surface area contributed by atoms with Crippen molar-refractivity contribution in [3.05, 3.63) is 58.9 Å². The molecule has 0 aliphatic heterocycles. The summed E-state index contributed by atoms with van der Waals surface area (Å²) in [7, 11) is 1.39. The fourth-order valence-corrected chi connectivity index (χ4v) is 2.51. The van der Waals surface area contributed by atoms with Crippen molar-refractivity contribution in [3.8, 4) is 11.5 Å². The smallest absolute Gasteiger partial charge is 0.279 e. The van der Waals surface area contributed by atoms with E-state index < -0.39 is 17.8 Å². The van der Waals surface area contributed by atoms with Crippen LogP contribution in [0.5, 0.6) is 11.5 Å². The summed E-state index contributed by atoms with van der Waals surface area (Å²) >= 11 is 0. The van der Waals surface area contributed by atoms with E-state index >= 15 is 0 Å². The molecule has 6 nitrogen and oxygen atoms in total. The van der Waals surface area contributed by atoms with Crippen molar-refractivity contribution in [1.82, 2.24) is 10.9 Å². The predicted molar refractivity (Wildman–Crippen MR) is 104 cm³/mol. The number of benzene rings is 2. The number of hydrazine groups is 1. The second kappa shape index (κ2) is 9.73. The van der Waals surface area contributed by atoms with Crippen molar-refractivity contribution >= 4 is 11.8 Å². The topological polar surface area (TPSA) is 76.7 Å². The molecule has 1 unspecified atom stereocenters. The van der Waals surface area contributed by atoms with E-state index in [-0.39, 0.29) is 18.1 Å². The van der Waals surface area contributed by atoms with E-state index in [1.807, 2.05) is 26.0 Å². The zero-order valence-electron chi connectivity index (χ0n) is 16.5. The first-order valence-electron chi connectivity index (χ1n) is 8.95. The summed E-state index contributed by atoms with van der Waals surface area (Å²) in [6.07, 6.45) is -0.355. The molecule has 0 saturated carbocycles. The predicted octanol–water partition coefficient (Wildman–Crippen LogP) is 3.00. The Morgan fingerprint density at radius 3 is 2.54 bits per heavy atom. The molecule has 0 aliphatic carbocycles. The van der Waals surface area contributed by atoms with Crippen molar-refractivity contribution in [3.63, 3.8) is 0 Å². The summed E-state index contributed by atoms with van der Waals surface area (Å²) in [5.41, 5.74) is 7.37. The highest BCUT2D eigenvalue weighted by Gasteiger charge is 2.16. The van der Waals surface area contributed by atoms with E-state index in [2.05, 4.69) is 10.9 Å². The third-order valence-electron chi connectivity index (χ3n) is 4.41. The lowest BCUT2D eigenvalue weighted by atomic mass is 10.1. The number of carbonyl (C=O) groups excluding carboxylic acids is 2. The SMILES string of the molecule is COc1ccc(CCC(=O)NNC(=O)C(C)Oc2cccc(C)c2C)cc1F. The zero-order chi connectivity index (χ0) is 20.7. The van der Waals surface area contributed by atoms with Gasteiger partial charge >= 0.3 is 0 Å². The van der Waals surface area contributed by atoms with Crippen LogP contribution in [0.2, 0.25) is 0 Å². The van der Waals surface area contributed by atoms with E-state index in [1.54, 1.807) is 19.1 Å². The molecule has 0 aromatic heterocycles. The monoisotopic (exact) mass is 388 g/mol. The summed E-state index contributed by atoms with van der Waals surface area (Å²) in [6.45, 7) is 5.48. The summed E-state index contributed by atoms with van der Waals surface area (Å²) in [4.78, 5) is 24.0. The molecule has 0 heterocycles. The molecule has 2 rings (SSSR count). The van der Waals surface area contributed by atoms with Gasteiger partial charge in [-0.15, -0.1) is 0 Å². The lowest BCUT2D eigenvalue weighted by molar-refractivity contribution is -0.132. The quantitative estimate of drug-likeness (QED) is 0.715. The molecule has 2 N–H and O–H groups in total. The number of ether oxygens (including phenoxy) is 2. The number of aryl methyl sites for hydroxylation is 2. The molecule has 2 aromatic rings. The molecule has 0 fully saturated rings. The van der Waals surface area contributed by atoms with Crippen molar-refractivity contribution in [2.75, 3.05) is 7.11 Å². The van der Waals surface area contributed by atoms with Crippen molar-refractivity contribution in [1.29, 1.82) is 0 Å². The number of carbonyl (C=O) groups is 2. The minimum absolute atomic E-state index is 0.0955. The highest BCUT2D eigenvalue weighted by Crippen LogP contribution is 2.21. The van der Waals surface area contributed by atoms with Gasteiger partial charge in [0, 0.05) is 6.42 Å². The van der Waals surface area contributed by atoms with Crippen molar-refractivity contribution in [2.24, 2.45) is 0 Å². The van der Waals surface area contributed by atoms with Gasteiger partial charge in [0.05, 0.1) is 7.11 Å². The largest absolute Gasteiger partial charge is 0.494 e. The lowest BCUT2D eigenvalue weighted by Crippen LogP contribution is -2.47. The third-order valence-corrected chi connectivity index (χ3v) is 4.41. The Kier molecular flexibility index (Phi) is 7.37. The van der Waals surface area contributed by atoms with Gasteiger partial charge < -0.3 is 9.47 Å². The van der Waals surface area contributed by atoms with E-state index in [0.29, 0.717) is 17.7 Å². The van der Waals surface area contributed by atoms with Gasteiger partial charge in [0.2, 0.25) is 5.91 Å². The Morgan fingerprint density at radius 1 is 1.11 bits per heavy atom. The van der Waals surface area contributed by atoms with Crippen LogP contribution in [0.4, 0.5) is 4.39 Å². The average molecular weight is 388 g/mol. The Morgan fingerprint density at radius 2 is 1.86 bits per heavy atom. The number of nitrogens with one attached hydrogen (secondary N) is 2. The summed E-state index contributed by atoms with van der Waals surface area (Å²) in [5.74, 6) is -0.562. The Hall–Kier alpha value is -3.09. The minimum Gasteiger partial charge on any atom is -0.494 e. The molecule has 0 saturated heterocycles. The second-order valence-electron chi connectivity index (χ2n) is 6.46. The van der Waals surface area contributed by atoms with Gasteiger partial charge in [-0.1, -0.05) is 18.2 Å². The number of hydrogen-bond donors (Lipinski definition) is 2. The van der Waals surface area contributed by atoms with Crippen LogP contribution >= 0.6 is 0 Å². The van der Waals surface area contributed by atoms with Crippen LogP contribution in [0.15, 0.2) is 36.4 Å². The molecule has 7 heteroatoms. The maximum Gasteiger partial charge on any atom is 0.279 e. The minimum atomic E-state index is -0.781. The van der Waals surface area contributed by atoms with Crippen LogP contribution in [0, 0.1) is 19.7 Å². The molecule has 0 aliphatic rings. The van der Waals surface area contributed by atoms with Gasteiger partial charge in [-0.25, -0.2) is 4.39 Å². The normalized spacial score (nSPS) is 11.5. The van der Waals surface area contributed by atoms with Gasteiger partial charge in [0.1, 0.15) is 5.75 Å². The molecule has 150 valence electrons. The first-order chi connectivity index (χ1) is 13.3. The summed E-state index contributed by atoms with van der Waals surface area (Å²) in [5, 5.41) is 0. The maximum absolute atomic E-state index is 13.7. The van der Waals surface area contributed by atoms with E-state index in [1.165, 1.54) is 19.2 Å². The third kappa shape index (κ3) is 5.70. The van der Waals surface area contributed by atoms with Crippen LogP contribution in [-0.4, -0.2) is 25.0 Å². The van der Waals surface area contributed by atoms with Crippen molar-refractivity contribution < 1.29 is 23.5 Å². The van der Waals surface area contributed by atoms with Crippen LogP contribution in [0.3, 0.4) is 0 Å². The number of amides is 2. The van der Waals surface area contributed by atoms with Gasteiger partial charge in [0.15, 0.2) is 17.7 Å². The van der Waals surface area contributed by atoms with Crippen LogP contribution in [0.1, 0.15) is 30.0 Å². The molecular formula is C21H25FN2O4. The Labute approximate surface area is 164 Å². The Bertz CT molecular complexity index is 854. The highest BCUT2D eigenvalue weighted by atomic mass is 19.1. The van der Waals surface area contributed by atoms with Gasteiger partial charge in [-0.2, -0.15) is 0 Å². The first-order valence-corrected chi connectivity index (χ1v) is 8.95. The summed E-state index contributed by atoms with van der Waals surface area (Å²) < 4.78 is 24.2. The van der Waals surface area contributed by atoms with Crippen LogP contribution < -0.4 is 20.3 Å². The van der Waals surface area contributed by atoms with Gasteiger partial charge in [-0.05, 0) is 62.1 Å². The molecule has 1 atom stereocenters. The zero-order valence-corrected chi connectivity index (χ0v) is 16.5. The molecule has 0 bridgehead atoms. The van der Waals surface area contributed by atoms with Gasteiger partial charge in [0.25, 0.3) is 5.91 Å². The highest BCUT2D eigenvalue weighted by molar-refractivity contribution is 5.84. The standard InChI is InChI=1S/C21H25FN2O4/c1-13-6-5-7-18(14(13)2)28-15(3)21(26)24-23-20(25)11-9-16-8-10-19(27-4)17(22)12-16/h5-8,10,12,15H,9,11H2,1-4H3,(H,23,25)(H,24,26). The molecule has 0 spiro atoms. The number of hydrogen-bond acceptors (Lipinski definition) is 4. The number of rotatable bonds is 7. The fraction of sp³-hybridized carbons (Fsp3) is 0.333. The number of methoxy groups -OCH3 is 1. The Balaban J connectivity index is 1.79. The molecule has 28 heavy (non-hydrogen) atoms. The average Bonchev–Trinajstić information content (AvgIpc) is 2.68. The maximum atomic E-state index is 13.7. The molecule has 2 amide bonds. The fourth-order valence-electron chi connectivity index (χ4n) is 2.51. The molecular weight excluding hydrogens is 363 g/mol. The lowest BCUT2D eigenvalue weighted by Gasteiger charge is -2.17. The van der Waals surface area contributed by atoms with Gasteiger partial charge in [-0.3, -0.25) is 20.4 Å². The van der Waals surface area contributed by atoms with E-state index in [4.69, 9.17) is 9.47 Å². The molecule has 2 aromatic carbocycles. The first kappa shape index (κ1) is 21.2. The van der Waals surface area contributed by atoms with Crippen LogP contribution in [-0.2, 0) is 16.0 Å². The van der Waals surface area contributed by atoms with E-state index in [9.17, 15) is 14.0 Å². The summed E-state index contributed by atoms with van der Waals surface area (Å²) in [6, 6.07) is 10.1.